The number of aromatic nitrogens is 1. The highest BCUT2D eigenvalue weighted by Crippen LogP contribution is 2.41. The van der Waals surface area contributed by atoms with Gasteiger partial charge in [-0.2, -0.15) is 5.26 Å². The Morgan fingerprint density at radius 1 is 1.30 bits per heavy atom. The topological polar surface area (TPSA) is 36.7 Å². The molecule has 2 aromatic rings. The molecule has 2 unspecified atom stereocenters. The van der Waals surface area contributed by atoms with Gasteiger partial charge in [-0.25, -0.2) is 4.98 Å². The molecule has 0 N–H and O–H groups in total. The maximum absolute atomic E-state index is 9.03. The molecule has 1 aliphatic carbocycles. The molecule has 0 amide bonds. The SMILES string of the molecule is CC1Cc2nc3sc(C#N)cc3cc2CC1C(C)(C)C. The summed E-state index contributed by atoms with van der Waals surface area (Å²) in [4.78, 5) is 6.59. The van der Waals surface area contributed by atoms with Crippen LogP contribution in [0, 0.1) is 28.6 Å². The average Bonchev–Trinajstić information content (AvgIpc) is 2.75. The van der Waals surface area contributed by atoms with Crippen molar-refractivity contribution >= 4 is 21.6 Å². The molecule has 3 rings (SSSR count). The lowest BCUT2D eigenvalue weighted by Gasteiger charge is -2.39. The second kappa shape index (κ2) is 4.56. The third-order valence-electron chi connectivity index (χ3n) is 4.54. The van der Waals surface area contributed by atoms with Crippen LogP contribution in [0.15, 0.2) is 12.1 Å². The first kappa shape index (κ1) is 13.6. The van der Waals surface area contributed by atoms with Crippen LogP contribution in [-0.4, -0.2) is 4.98 Å². The summed E-state index contributed by atoms with van der Waals surface area (Å²) in [6.07, 6.45) is 2.17. The zero-order valence-corrected chi connectivity index (χ0v) is 13.3. The molecule has 0 aromatic carbocycles. The lowest BCUT2D eigenvalue weighted by molar-refractivity contribution is 0.155. The standard InChI is InChI=1S/C17H20N2S/c1-10-5-15-11(8-14(10)17(2,3)4)6-12-7-13(9-18)20-16(12)19-15/h6-7,10,14H,5,8H2,1-4H3. The van der Waals surface area contributed by atoms with Crippen LogP contribution in [0.25, 0.3) is 10.2 Å². The molecule has 0 bridgehead atoms. The van der Waals surface area contributed by atoms with E-state index in [2.05, 4.69) is 39.8 Å². The van der Waals surface area contributed by atoms with Gasteiger partial charge in [0, 0.05) is 11.1 Å². The zero-order chi connectivity index (χ0) is 14.5. The molecule has 2 nitrogen and oxygen atoms in total. The Morgan fingerprint density at radius 3 is 2.70 bits per heavy atom. The van der Waals surface area contributed by atoms with Crippen LogP contribution >= 0.6 is 11.3 Å². The molecule has 0 saturated heterocycles. The molecule has 2 heterocycles. The van der Waals surface area contributed by atoms with Gasteiger partial charge in [0.05, 0.1) is 0 Å². The van der Waals surface area contributed by atoms with E-state index < -0.39 is 0 Å². The zero-order valence-electron chi connectivity index (χ0n) is 12.5. The minimum absolute atomic E-state index is 0.332. The molecule has 0 aliphatic heterocycles. The van der Waals surface area contributed by atoms with Crippen molar-refractivity contribution in [3.8, 4) is 6.07 Å². The van der Waals surface area contributed by atoms with E-state index in [-0.39, 0.29) is 0 Å². The summed E-state index contributed by atoms with van der Waals surface area (Å²) in [5.41, 5.74) is 2.97. The minimum atomic E-state index is 0.332. The molecule has 2 atom stereocenters. The second-order valence-electron chi connectivity index (χ2n) is 7.07. The largest absolute Gasteiger partial charge is 0.242 e. The van der Waals surface area contributed by atoms with Crippen molar-refractivity contribution in [2.24, 2.45) is 17.3 Å². The predicted octanol–water partition coefficient (Wildman–Crippen LogP) is 4.56. The fourth-order valence-corrected chi connectivity index (χ4v) is 4.34. The molecule has 3 heteroatoms. The number of rotatable bonds is 0. The number of thiophene rings is 1. The van der Waals surface area contributed by atoms with E-state index in [0.717, 1.165) is 27.9 Å². The number of fused-ring (bicyclic) bond motifs is 2. The summed E-state index contributed by atoms with van der Waals surface area (Å²) in [7, 11) is 0. The highest BCUT2D eigenvalue weighted by Gasteiger charge is 2.34. The molecule has 1 aliphatic rings. The summed E-state index contributed by atoms with van der Waals surface area (Å²) in [6, 6.07) is 6.46. The first-order chi connectivity index (χ1) is 9.38. The van der Waals surface area contributed by atoms with E-state index >= 15 is 0 Å². The normalized spacial score (nSPS) is 22.6. The molecular formula is C17H20N2S. The summed E-state index contributed by atoms with van der Waals surface area (Å²) in [5.74, 6) is 1.37. The second-order valence-corrected chi connectivity index (χ2v) is 8.10. The van der Waals surface area contributed by atoms with Gasteiger partial charge in [-0.05, 0) is 47.8 Å². The van der Waals surface area contributed by atoms with Gasteiger partial charge >= 0.3 is 0 Å². The van der Waals surface area contributed by atoms with Gasteiger partial charge in [0.1, 0.15) is 15.8 Å². The summed E-state index contributed by atoms with van der Waals surface area (Å²) in [6.45, 7) is 9.36. The highest BCUT2D eigenvalue weighted by molar-refractivity contribution is 7.19. The highest BCUT2D eigenvalue weighted by atomic mass is 32.1. The van der Waals surface area contributed by atoms with Crippen molar-refractivity contribution < 1.29 is 0 Å². The fraction of sp³-hybridized carbons (Fsp3) is 0.529. The fourth-order valence-electron chi connectivity index (χ4n) is 3.51. The van der Waals surface area contributed by atoms with Crippen LogP contribution in [-0.2, 0) is 12.8 Å². The van der Waals surface area contributed by atoms with Crippen molar-refractivity contribution in [1.29, 1.82) is 5.26 Å². The van der Waals surface area contributed by atoms with E-state index in [1.807, 2.05) is 6.07 Å². The van der Waals surface area contributed by atoms with Gasteiger partial charge in [0.2, 0.25) is 0 Å². The molecule has 20 heavy (non-hydrogen) atoms. The monoisotopic (exact) mass is 284 g/mol. The van der Waals surface area contributed by atoms with E-state index in [4.69, 9.17) is 10.2 Å². The first-order valence-corrected chi connectivity index (χ1v) is 8.02. The van der Waals surface area contributed by atoms with Crippen LogP contribution in [0.4, 0.5) is 0 Å². The number of nitrogens with zero attached hydrogens (tertiary/aromatic N) is 2. The summed E-state index contributed by atoms with van der Waals surface area (Å²) < 4.78 is 0. The molecule has 104 valence electrons. The lowest BCUT2D eigenvalue weighted by Crippen LogP contribution is -2.33. The molecule has 0 fully saturated rings. The van der Waals surface area contributed by atoms with Crippen molar-refractivity contribution in [3.05, 3.63) is 28.3 Å². The van der Waals surface area contributed by atoms with Crippen molar-refractivity contribution in [1.82, 2.24) is 4.98 Å². The molecule has 2 aromatic heterocycles. The average molecular weight is 284 g/mol. The Morgan fingerprint density at radius 2 is 2.05 bits per heavy atom. The van der Waals surface area contributed by atoms with Gasteiger partial charge in [-0.3, -0.25) is 0 Å². The molecule has 0 saturated carbocycles. The summed E-state index contributed by atoms with van der Waals surface area (Å²) >= 11 is 1.51. The van der Waals surface area contributed by atoms with Crippen LogP contribution in [0.2, 0.25) is 0 Å². The minimum Gasteiger partial charge on any atom is -0.242 e. The van der Waals surface area contributed by atoms with Gasteiger partial charge < -0.3 is 0 Å². The van der Waals surface area contributed by atoms with E-state index in [0.29, 0.717) is 17.3 Å². The van der Waals surface area contributed by atoms with E-state index in [1.165, 1.54) is 22.6 Å². The summed E-state index contributed by atoms with van der Waals surface area (Å²) in [5, 5.41) is 10.2. The van der Waals surface area contributed by atoms with Gasteiger partial charge in [0.25, 0.3) is 0 Å². The first-order valence-electron chi connectivity index (χ1n) is 7.21. The Bertz CT molecular complexity index is 700. The Balaban J connectivity index is 2.07. The molecule has 0 radical (unpaired) electrons. The van der Waals surface area contributed by atoms with Crippen molar-refractivity contribution in [2.45, 2.75) is 40.5 Å². The van der Waals surface area contributed by atoms with E-state index in [9.17, 15) is 0 Å². The van der Waals surface area contributed by atoms with Gasteiger partial charge in [-0.15, -0.1) is 11.3 Å². The maximum Gasteiger partial charge on any atom is 0.124 e. The molecular weight excluding hydrogens is 264 g/mol. The maximum atomic E-state index is 9.03. The Hall–Kier alpha value is -1.40. The van der Waals surface area contributed by atoms with Crippen LogP contribution in [0.1, 0.15) is 43.8 Å². The Kier molecular flexibility index (Phi) is 3.10. The Labute approximate surface area is 124 Å². The van der Waals surface area contributed by atoms with Gasteiger partial charge in [0.15, 0.2) is 0 Å². The van der Waals surface area contributed by atoms with Crippen LogP contribution in [0.5, 0.6) is 0 Å². The third-order valence-corrected chi connectivity index (χ3v) is 5.49. The van der Waals surface area contributed by atoms with Crippen LogP contribution in [0.3, 0.4) is 0 Å². The van der Waals surface area contributed by atoms with Gasteiger partial charge in [-0.1, -0.05) is 27.7 Å². The van der Waals surface area contributed by atoms with Crippen molar-refractivity contribution in [2.75, 3.05) is 0 Å². The molecule has 0 spiro atoms. The van der Waals surface area contributed by atoms with Crippen LogP contribution < -0.4 is 0 Å². The van der Waals surface area contributed by atoms with Crippen molar-refractivity contribution in [3.63, 3.8) is 0 Å². The van der Waals surface area contributed by atoms with E-state index in [1.54, 1.807) is 0 Å². The third kappa shape index (κ3) is 2.23. The number of hydrogen-bond donors (Lipinski definition) is 0. The lowest BCUT2D eigenvalue weighted by atomic mass is 9.66. The number of nitriles is 1. The predicted molar refractivity (Wildman–Crippen MR) is 83.9 cm³/mol. The number of hydrogen-bond acceptors (Lipinski definition) is 3. The number of pyridine rings is 1. The smallest absolute Gasteiger partial charge is 0.124 e. The quantitative estimate of drug-likeness (QED) is 0.710.